The van der Waals surface area contributed by atoms with E-state index < -0.39 is 17.4 Å². The van der Waals surface area contributed by atoms with Crippen molar-refractivity contribution in [2.24, 2.45) is 5.92 Å². The van der Waals surface area contributed by atoms with Gasteiger partial charge in [0, 0.05) is 30.0 Å². The molecular weight excluding hydrogens is 406 g/mol. The van der Waals surface area contributed by atoms with Gasteiger partial charge in [0.1, 0.15) is 5.54 Å². The van der Waals surface area contributed by atoms with Gasteiger partial charge in [0.15, 0.2) is 0 Å². The largest absolute Gasteiger partial charge is 0.462 e. The number of carbonyl (C=O) groups excluding carboxylic acids is 3. The zero-order valence-corrected chi connectivity index (χ0v) is 18.3. The number of nitrogens with one attached hydrogen (secondary N) is 1. The molecule has 3 atom stereocenters. The first-order valence-electron chi connectivity index (χ1n) is 11.2. The van der Waals surface area contributed by atoms with Crippen LogP contribution < -0.4 is 10.2 Å². The first-order chi connectivity index (χ1) is 15.5. The molecule has 0 aromatic heterocycles. The zero-order chi connectivity index (χ0) is 22.5. The lowest BCUT2D eigenvalue weighted by Gasteiger charge is -2.37. The van der Waals surface area contributed by atoms with Crippen LogP contribution in [0, 0.1) is 5.92 Å². The van der Waals surface area contributed by atoms with E-state index in [4.69, 9.17) is 4.74 Å². The summed E-state index contributed by atoms with van der Waals surface area (Å²) >= 11 is 0. The van der Waals surface area contributed by atoms with E-state index in [2.05, 4.69) is 10.2 Å². The maximum Gasteiger partial charge on any atom is 0.338 e. The molecule has 0 saturated carbocycles. The Morgan fingerprint density at radius 3 is 2.81 bits per heavy atom. The second kappa shape index (κ2) is 7.74. The lowest BCUT2D eigenvalue weighted by atomic mass is 9.78. The number of para-hydroxylation sites is 1. The smallest absolute Gasteiger partial charge is 0.338 e. The molecule has 2 amide bonds. The van der Waals surface area contributed by atoms with Crippen molar-refractivity contribution < 1.29 is 19.1 Å². The molecule has 1 spiro atoms. The van der Waals surface area contributed by atoms with Crippen molar-refractivity contribution >= 4 is 29.2 Å². The van der Waals surface area contributed by atoms with Gasteiger partial charge in [-0.05, 0) is 57.0 Å². The van der Waals surface area contributed by atoms with Crippen LogP contribution in [-0.2, 0) is 19.9 Å². The lowest BCUT2D eigenvalue weighted by Crippen LogP contribution is -2.55. The van der Waals surface area contributed by atoms with E-state index in [-0.39, 0.29) is 24.5 Å². The number of hydrogen-bond acceptors (Lipinski definition) is 5. The summed E-state index contributed by atoms with van der Waals surface area (Å²) in [5, 5.41) is 2.98. The molecule has 3 aliphatic rings. The average molecular weight is 434 g/mol. The summed E-state index contributed by atoms with van der Waals surface area (Å²) in [6.07, 6.45) is 2.65. The normalized spacial score (nSPS) is 26.3. The number of carbonyl (C=O) groups is 3. The zero-order valence-electron chi connectivity index (χ0n) is 18.3. The Hall–Kier alpha value is -3.19. The van der Waals surface area contributed by atoms with Crippen molar-refractivity contribution in [2.75, 3.05) is 30.4 Å². The van der Waals surface area contributed by atoms with E-state index in [1.54, 1.807) is 43.1 Å². The molecule has 0 unspecified atom stereocenters. The Kier molecular flexibility index (Phi) is 5.01. The Balaban J connectivity index is 1.51. The van der Waals surface area contributed by atoms with E-state index in [0.717, 1.165) is 30.6 Å². The molecule has 2 aromatic carbocycles. The van der Waals surface area contributed by atoms with Gasteiger partial charge in [0.2, 0.25) is 5.91 Å². The van der Waals surface area contributed by atoms with E-state index >= 15 is 0 Å². The van der Waals surface area contributed by atoms with Gasteiger partial charge in [0.05, 0.1) is 18.1 Å². The molecule has 5 rings (SSSR count). The number of anilines is 2. The van der Waals surface area contributed by atoms with E-state index in [0.29, 0.717) is 17.7 Å². The van der Waals surface area contributed by atoms with Crippen LogP contribution in [0.4, 0.5) is 11.4 Å². The minimum atomic E-state index is -0.977. The number of nitrogens with zero attached hydrogens (tertiary/aromatic N) is 2. The van der Waals surface area contributed by atoms with Crippen molar-refractivity contribution in [1.82, 2.24) is 4.90 Å². The van der Waals surface area contributed by atoms with Crippen LogP contribution in [0.5, 0.6) is 0 Å². The van der Waals surface area contributed by atoms with Crippen LogP contribution in [0.15, 0.2) is 48.5 Å². The number of hydrogen-bond donors (Lipinski definition) is 1. The second-order valence-corrected chi connectivity index (χ2v) is 8.72. The van der Waals surface area contributed by atoms with Crippen LogP contribution in [0.25, 0.3) is 0 Å². The van der Waals surface area contributed by atoms with Gasteiger partial charge in [-0.3, -0.25) is 14.5 Å². The molecule has 3 heterocycles. The quantitative estimate of drug-likeness (QED) is 0.750. The van der Waals surface area contributed by atoms with Gasteiger partial charge in [-0.25, -0.2) is 4.79 Å². The molecule has 32 heavy (non-hydrogen) atoms. The highest BCUT2D eigenvalue weighted by molar-refractivity contribution is 6.11. The summed E-state index contributed by atoms with van der Waals surface area (Å²) in [6, 6.07) is 14.8. The van der Waals surface area contributed by atoms with Crippen molar-refractivity contribution in [3.05, 3.63) is 59.7 Å². The monoisotopic (exact) mass is 433 g/mol. The molecule has 3 aliphatic heterocycles. The summed E-state index contributed by atoms with van der Waals surface area (Å²) in [5.74, 6) is -1.18. The molecule has 0 aliphatic carbocycles. The first kappa shape index (κ1) is 20.7. The third kappa shape index (κ3) is 2.88. The number of esters is 1. The number of rotatable bonds is 4. The number of amides is 2. The van der Waals surface area contributed by atoms with E-state index in [1.165, 1.54) is 0 Å². The highest BCUT2D eigenvalue weighted by atomic mass is 16.5. The standard InChI is InChI=1S/C25H27N3O4/c1-3-32-23(30)16-8-6-9-17(14-16)26-22(29)20-15-18-10-7-13-28(18)25(20)19-11-4-5-12-21(19)27(2)24(25)31/h4-6,8-9,11-12,14,18,20H,3,7,10,13,15H2,1-2H3,(H,26,29)/t18-,20-,25-/m1/s1. The average Bonchev–Trinajstić information content (AvgIpc) is 3.44. The number of fused-ring (bicyclic) bond motifs is 4. The Morgan fingerprint density at radius 1 is 1.19 bits per heavy atom. The molecule has 0 bridgehead atoms. The van der Waals surface area contributed by atoms with E-state index in [1.807, 2.05) is 24.3 Å². The number of ether oxygens (including phenoxy) is 1. The van der Waals surface area contributed by atoms with Gasteiger partial charge in [-0.2, -0.15) is 0 Å². The molecule has 2 aromatic rings. The van der Waals surface area contributed by atoms with Gasteiger partial charge in [0.25, 0.3) is 5.91 Å². The molecule has 1 N–H and O–H groups in total. The Bertz CT molecular complexity index is 1100. The molecule has 166 valence electrons. The molecule has 2 saturated heterocycles. The van der Waals surface area contributed by atoms with Crippen LogP contribution in [0.1, 0.15) is 42.1 Å². The molecule has 0 radical (unpaired) electrons. The second-order valence-electron chi connectivity index (χ2n) is 8.72. The summed E-state index contributed by atoms with van der Waals surface area (Å²) in [7, 11) is 1.79. The van der Waals surface area contributed by atoms with E-state index in [9.17, 15) is 14.4 Å². The predicted molar refractivity (Wildman–Crippen MR) is 120 cm³/mol. The van der Waals surface area contributed by atoms with Crippen LogP contribution in [-0.4, -0.2) is 48.9 Å². The maximum absolute atomic E-state index is 13.8. The third-order valence-electron chi connectivity index (χ3n) is 7.11. The Labute approximate surface area is 187 Å². The van der Waals surface area contributed by atoms with Crippen molar-refractivity contribution in [1.29, 1.82) is 0 Å². The van der Waals surface area contributed by atoms with Gasteiger partial charge in [-0.1, -0.05) is 24.3 Å². The highest BCUT2D eigenvalue weighted by Crippen LogP contribution is 2.56. The number of likely N-dealkylation sites (N-methyl/N-ethyl adjacent to an activating group) is 1. The van der Waals surface area contributed by atoms with Gasteiger partial charge >= 0.3 is 5.97 Å². The van der Waals surface area contributed by atoms with Crippen molar-refractivity contribution in [3.8, 4) is 0 Å². The third-order valence-corrected chi connectivity index (χ3v) is 7.11. The predicted octanol–water partition coefficient (Wildman–Crippen LogP) is 3.16. The van der Waals surface area contributed by atoms with Crippen LogP contribution >= 0.6 is 0 Å². The molecule has 7 heteroatoms. The maximum atomic E-state index is 13.8. The van der Waals surface area contributed by atoms with Gasteiger partial charge < -0.3 is 15.0 Å². The van der Waals surface area contributed by atoms with Crippen LogP contribution in [0.2, 0.25) is 0 Å². The fourth-order valence-corrected chi connectivity index (χ4v) is 5.84. The first-order valence-corrected chi connectivity index (χ1v) is 11.2. The summed E-state index contributed by atoms with van der Waals surface area (Å²) in [5.41, 5.74) is 1.71. The minimum absolute atomic E-state index is 0.0384. The summed E-state index contributed by atoms with van der Waals surface area (Å²) < 4.78 is 5.07. The van der Waals surface area contributed by atoms with Crippen molar-refractivity contribution in [3.63, 3.8) is 0 Å². The minimum Gasteiger partial charge on any atom is -0.462 e. The summed E-state index contributed by atoms with van der Waals surface area (Å²) in [4.78, 5) is 43.5. The molecule has 2 fully saturated rings. The van der Waals surface area contributed by atoms with Crippen LogP contribution in [0.3, 0.4) is 0 Å². The van der Waals surface area contributed by atoms with Crippen molar-refractivity contribution in [2.45, 2.75) is 37.8 Å². The SMILES string of the molecule is CCOC(=O)c1cccc(NC(=O)[C@H]2C[C@H]3CCCN3[C@@]23C(=O)N(C)c2ccccc23)c1. The summed E-state index contributed by atoms with van der Waals surface area (Å²) in [6.45, 7) is 2.84. The fraction of sp³-hybridized carbons (Fsp3) is 0.400. The Morgan fingerprint density at radius 2 is 2.00 bits per heavy atom. The van der Waals surface area contributed by atoms with Gasteiger partial charge in [-0.15, -0.1) is 0 Å². The molecule has 7 nitrogen and oxygen atoms in total. The fourth-order valence-electron chi connectivity index (χ4n) is 5.84. The highest BCUT2D eigenvalue weighted by Gasteiger charge is 2.66. The topological polar surface area (TPSA) is 79.0 Å². The number of benzene rings is 2. The molecular formula is C25H27N3O4. The lowest BCUT2D eigenvalue weighted by molar-refractivity contribution is -0.136.